The van der Waals surface area contributed by atoms with E-state index in [1.165, 1.54) is 0 Å². The van der Waals surface area contributed by atoms with E-state index >= 15 is 0 Å². The van der Waals surface area contributed by atoms with Crippen LogP contribution in [0.15, 0.2) is 18.2 Å². The van der Waals surface area contributed by atoms with Gasteiger partial charge in [-0.2, -0.15) is 0 Å². The van der Waals surface area contributed by atoms with E-state index in [0.717, 1.165) is 6.42 Å². The zero-order chi connectivity index (χ0) is 13.0. The van der Waals surface area contributed by atoms with Gasteiger partial charge in [-0.05, 0) is 18.2 Å². The molecule has 1 heterocycles. The fraction of sp³-hybridized carbons (Fsp3) is 0.429. The molecule has 0 atom stereocenters. The average molecular weight is 248 g/mol. The number of hydrogen-bond acceptors (Lipinski definition) is 4. The van der Waals surface area contributed by atoms with Crippen molar-refractivity contribution in [3.63, 3.8) is 0 Å². The first-order valence-electron chi connectivity index (χ1n) is 6.15. The second kappa shape index (κ2) is 5.67. The molecule has 0 aromatic heterocycles. The Kier molecular flexibility index (Phi) is 3.97. The van der Waals surface area contributed by atoms with Crippen molar-refractivity contribution in [2.75, 3.05) is 13.2 Å². The molecule has 0 spiro atoms. The highest BCUT2D eigenvalue weighted by atomic mass is 16.5. The zero-order valence-electron chi connectivity index (χ0n) is 10.4. The van der Waals surface area contributed by atoms with Crippen molar-refractivity contribution in [3.05, 3.63) is 23.8 Å². The number of Topliss-reactive ketones (excluding diaryl/α,β-unsaturated/α-hetero) is 2. The van der Waals surface area contributed by atoms with Gasteiger partial charge < -0.3 is 9.47 Å². The largest absolute Gasteiger partial charge is 0.490 e. The van der Waals surface area contributed by atoms with Gasteiger partial charge in [0.2, 0.25) is 0 Å². The Labute approximate surface area is 106 Å². The maximum atomic E-state index is 11.9. The van der Waals surface area contributed by atoms with E-state index in [9.17, 15) is 9.59 Å². The highest BCUT2D eigenvalue weighted by Gasteiger charge is 2.15. The molecule has 96 valence electrons. The summed E-state index contributed by atoms with van der Waals surface area (Å²) in [6.07, 6.45) is 1.17. The van der Waals surface area contributed by atoms with Crippen LogP contribution in [0.25, 0.3) is 0 Å². The number of ether oxygens (including phenoxy) is 2. The van der Waals surface area contributed by atoms with Gasteiger partial charge in [0.15, 0.2) is 17.3 Å². The predicted molar refractivity (Wildman–Crippen MR) is 66.3 cm³/mol. The number of hydrogen-bond donors (Lipinski definition) is 0. The molecule has 0 saturated heterocycles. The molecule has 0 amide bonds. The molecule has 0 radical (unpaired) electrons. The molecule has 1 aromatic carbocycles. The second-order valence-electron chi connectivity index (χ2n) is 4.20. The molecule has 4 nitrogen and oxygen atoms in total. The van der Waals surface area contributed by atoms with Crippen molar-refractivity contribution in [2.24, 2.45) is 0 Å². The third-order valence-electron chi connectivity index (χ3n) is 2.82. The molecule has 18 heavy (non-hydrogen) atoms. The van der Waals surface area contributed by atoms with E-state index in [0.29, 0.717) is 36.7 Å². The molecule has 0 saturated carbocycles. The van der Waals surface area contributed by atoms with Crippen LogP contribution in [0.4, 0.5) is 0 Å². The molecule has 1 aliphatic heterocycles. The summed E-state index contributed by atoms with van der Waals surface area (Å²) in [6, 6.07) is 5.06. The molecule has 4 heteroatoms. The van der Waals surface area contributed by atoms with E-state index in [1.54, 1.807) is 25.1 Å². The molecule has 1 aliphatic rings. The normalized spacial score (nSPS) is 13.8. The average Bonchev–Trinajstić information content (AvgIpc) is 2.62. The Morgan fingerprint density at radius 3 is 2.61 bits per heavy atom. The van der Waals surface area contributed by atoms with Gasteiger partial charge in [0.1, 0.15) is 5.78 Å². The van der Waals surface area contributed by atoms with Gasteiger partial charge in [0, 0.05) is 18.4 Å². The van der Waals surface area contributed by atoms with Crippen molar-refractivity contribution >= 4 is 11.6 Å². The number of fused-ring (bicyclic) bond motifs is 1. The van der Waals surface area contributed by atoms with Crippen molar-refractivity contribution in [3.8, 4) is 11.5 Å². The number of rotatable bonds is 4. The summed E-state index contributed by atoms with van der Waals surface area (Å²) in [5, 5.41) is 0. The molecule has 0 aliphatic carbocycles. The predicted octanol–water partition coefficient (Wildman–Crippen LogP) is 2.40. The molecular weight excluding hydrogens is 232 g/mol. The zero-order valence-corrected chi connectivity index (χ0v) is 10.4. The fourth-order valence-electron chi connectivity index (χ4n) is 1.74. The van der Waals surface area contributed by atoms with Crippen LogP contribution >= 0.6 is 0 Å². The molecule has 0 fully saturated rings. The molecule has 2 rings (SSSR count). The van der Waals surface area contributed by atoms with Crippen LogP contribution in [0.2, 0.25) is 0 Å². The Hall–Kier alpha value is -1.84. The quantitative estimate of drug-likeness (QED) is 0.606. The van der Waals surface area contributed by atoms with Gasteiger partial charge in [-0.3, -0.25) is 9.59 Å². The number of ketones is 2. The minimum atomic E-state index is -0.169. The maximum absolute atomic E-state index is 11.9. The lowest BCUT2D eigenvalue weighted by Gasteiger charge is -2.08. The van der Waals surface area contributed by atoms with Crippen LogP contribution in [0, 0.1) is 0 Å². The van der Waals surface area contributed by atoms with Crippen LogP contribution in [-0.4, -0.2) is 24.8 Å². The smallest absolute Gasteiger partial charge is 0.170 e. The summed E-state index contributed by atoms with van der Waals surface area (Å²) in [4.78, 5) is 23.1. The molecule has 1 aromatic rings. The first-order chi connectivity index (χ1) is 8.70. The summed E-state index contributed by atoms with van der Waals surface area (Å²) in [5.41, 5.74) is 0.501. The Morgan fingerprint density at radius 1 is 1.17 bits per heavy atom. The third-order valence-corrected chi connectivity index (χ3v) is 2.82. The Morgan fingerprint density at radius 2 is 1.89 bits per heavy atom. The second-order valence-corrected chi connectivity index (χ2v) is 4.20. The maximum Gasteiger partial charge on any atom is 0.170 e. The minimum Gasteiger partial charge on any atom is -0.490 e. The van der Waals surface area contributed by atoms with Gasteiger partial charge in [-0.15, -0.1) is 0 Å². The molecular formula is C14H16O4. The van der Waals surface area contributed by atoms with Gasteiger partial charge >= 0.3 is 0 Å². The summed E-state index contributed by atoms with van der Waals surface area (Å²) < 4.78 is 11.0. The SMILES string of the molecule is CCC(=O)CC(=O)c1ccc2c(c1)OCCCO2. The van der Waals surface area contributed by atoms with Crippen molar-refractivity contribution in [2.45, 2.75) is 26.2 Å². The first-order valence-corrected chi connectivity index (χ1v) is 6.15. The summed E-state index contributed by atoms with van der Waals surface area (Å²) in [6.45, 7) is 2.96. The lowest BCUT2D eigenvalue weighted by Crippen LogP contribution is -2.07. The van der Waals surface area contributed by atoms with Crippen LogP contribution in [0.3, 0.4) is 0 Å². The van der Waals surface area contributed by atoms with E-state index in [-0.39, 0.29) is 18.0 Å². The van der Waals surface area contributed by atoms with E-state index in [2.05, 4.69) is 0 Å². The van der Waals surface area contributed by atoms with E-state index in [4.69, 9.17) is 9.47 Å². The lowest BCUT2D eigenvalue weighted by atomic mass is 10.0. The van der Waals surface area contributed by atoms with Crippen molar-refractivity contribution in [1.29, 1.82) is 0 Å². The summed E-state index contributed by atoms with van der Waals surface area (Å²) in [5.74, 6) is 1.03. The van der Waals surface area contributed by atoms with Gasteiger partial charge in [-0.25, -0.2) is 0 Å². The van der Waals surface area contributed by atoms with Gasteiger partial charge in [0.25, 0.3) is 0 Å². The van der Waals surface area contributed by atoms with E-state index in [1.807, 2.05) is 0 Å². The van der Waals surface area contributed by atoms with Gasteiger partial charge in [0.05, 0.1) is 19.6 Å². The van der Waals surface area contributed by atoms with Crippen molar-refractivity contribution in [1.82, 2.24) is 0 Å². The molecule has 0 N–H and O–H groups in total. The number of carbonyl (C=O) groups is 2. The van der Waals surface area contributed by atoms with Crippen molar-refractivity contribution < 1.29 is 19.1 Å². The fourth-order valence-corrected chi connectivity index (χ4v) is 1.74. The molecule has 0 bridgehead atoms. The van der Waals surface area contributed by atoms with E-state index < -0.39 is 0 Å². The first kappa shape index (κ1) is 12.6. The molecule has 0 unspecified atom stereocenters. The van der Waals surface area contributed by atoms with Crippen LogP contribution in [-0.2, 0) is 4.79 Å². The minimum absolute atomic E-state index is 0.0455. The third kappa shape index (κ3) is 2.88. The standard InChI is InChI=1S/C14H16O4/c1-2-11(15)9-12(16)10-4-5-13-14(8-10)18-7-3-6-17-13/h4-5,8H,2-3,6-7,9H2,1H3. The van der Waals surface area contributed by atoms with Crippen LogP contribution < -0.4 is 9.47 Å². The monoisotopic (exact) mass is 248 g/mol. The summed E-state index contributed by atoms with van der Waals surface area (Å²) >= 11 is 0. The highest BCUT2D eigenvalue weighted by Crippen LogP contribution is 2.30. The number of benzene rings is 1. The Balaban J connectivity index is 2.17. The topological polar surface area (TPSA) is 52.6 Å². The number of carbonyl (C=O) groups excluding carboxylic acids is 2. The Bertz CT molecular complexity index is 465. The summed E-state index contributed by atoms with van der Waals surface area (Å²) in [7, 11) is 0. The lowest BCUT2D eigenvalue weighted by molar-refractivity contribution is -0.117. The van der Waals surface area contributed by atoms with Crippen LogP contribution in [0.1, 0.15) is 36.5 Å². The highest BCUT2D eigenvalue weighted by molar-refractivity contribution is 6.08. The van der Waals surface area contributed by atoms with Gasteiger partial charge in [-0.1, -0.05) is 6.92 Å². The van der Waals surface area contributed by atoms with Crippen LogP contribution in [0.5, 0.6) is 11.5 Å².